The number of halogens is 6. The highest BCUT2D eigenvalue weighted by Gasteiger charge is 2.32. The van der Waals surface area contributed by atoms with Gasteiger partial charge in [-0.1, -0.05) is 94.4 Å². The second-order valence-corrected chi connectivity index (χ2v) is 33.6. The lowest BCUT2D eigenvalue weighted by molar-refractivity contribution is -0.138. The zero-order chi connectivity index (χ0) is 78.5. The van der Waals surface area contributed by atoms with Crippen molar-refractivity contribution < 1.29 is 60.0 Å². The largest absolute Gasteiger partial charge is 0.416 e. The first kappa shape index (κ1) is 81.0. The molecule has 8 aromatic heterocycles. The summed E-state index contributed by atoms with van der Waals surface area (Å²) >= 11 is 0. The van der Waals surface area contributed by atoms with Crippen molar-refractivity contribution in [2.24, 2.45) is 28.2 Å². The SMILES string of the molecule is CCS(=O)(=O)c1ccc(Nc2cc(C(F)(F)F)ccn2)c(-c2cn(C)cn2)c1.CCS(=O)(=O)c1cnc(N[C@@H](C)c2ccccc2)c(-c2cn(C)cn2)c1.CCS(=O)(=O)c1cnc(N[C@H](C)c2ccccc2)c(-c2cn(C)cn2)c1.CCS(=O)(=O)c1cnc(Nc2cccc(C(F)(F)F)c2)c(-c2cn(C)cn2)c1. The van der Waals surface area contributed by atoms with Gasteiger partial charge in [0.05, 0.1) is 102 Å². The molecule has 4 N–H and O–H groups in total. The minimum Gasteiger partial charge on any atom is -0.363 e. The van der Waals surface area contributed by atoms with Crippen LogP contribution in [0.1, 0.15) is 75.9 Å². The van der Waals surface area contributed by atoms with Crippen LogP contribution < -0.4 is 21.3 Å². The van der Waals surface area contributed by atoms with E-state index in [2.05, 4.69) is 61.1 Å². The first-order chi connectivity index (χ1) is 51.0. The molecule has 0 aliphatic heterocycles. The zero-order valence-corrected chi connectivity index (χ0v) is 63.4. The van der Waals surface area contributed by atoms with Gasteiger partial charge in [0.25, 0.3) is 0 Å². The number of sulfone groups is 4. The fourth-order valence-corrected chi connectivity index (χ4v) is 13.9. The summed E-state index contributed by atoms with van der Waals surface area (Å²) in [4.78, 5) is 34.6. The molecular formula is C74H78F6N16O8S4. The topological polar surface area (TPSA) is 308 Å². The third-order valence-electron chi connectivity index (χ3n) is 16.6. The molecule has 0 saturated carbocycles. The minimum absolute atomic E-state index is 0.0137. The maximum absolute atomic E-state index is 13.0. The van der Waals surface area contributed by atoms with Crippen molar-refractivity contribution in [3.63, 3.8) is 0 Å². The van der Waals surface area contributed by atoms with E-state index in [9.17, 15) is 60.0 Å². The number of rotatable bonds is 22. The monoisotopic (exact) mass is 1560 g/mol. The molecular weight excluding hydrogens is 1480 g/mol. The number of nitrogens with one attached hydrogen (secondary N) is 4. The molecule has 24 nitrogen and oxygen atoms in total. The van der Waals surface area contributed by atoms with Crippen molar-refractivity contribution in [3.8, 4) is 45.0 Å². The van der Waals surface area contributed by atoms with Gasteiger partial charge >= 0.3 is 12.4 Å². The highest BCUT2D eigenvalue weighted by atomic mass is 32.2. The smallest absolute Gasteiger partial charge is 0.363 e. The van der Waals surface area contributed by atoms with E-state index in [0.717, 1.165) is 41.6 Å². The van der Waals surface area contributed by atoms with Gasteiger partial charge in [0.2, 0.25) is 0 Å². The molecule has 568 valence electrons. The van der Waals surface area contributed by atoms with Gasteiger partial charge in [0.1, 0.15) is 23.3 Å². The molecule has 0 aliphatic carbocycles. The van der Waals surface area contributed by atoms with Crippen LogP contribution in [0.25, 0.3) is 45.0 Å². The molecule has 0 radical (unpaired) electrons. The van der Waals surface area contributed by atoms with Crippen LogP contribution in [-0.4, -0.2) is 115 Å². The van der Waals surface area contributed by atoms with Crippen molar-refractivity contribution in [2.75, 3.05) is 44.3 Å². The number of benzene rings is 4. The predicted molar refractivity (Wildman–Crippen MR) is 403 cm³/mol. The molecule has 0 aliphatic rings. The lowest BCUT2D eigenvalue weighted by Gasteiger charge is -2.17. The van der Waals surface area contributed by atoms with E-state index in [4.69, 9.17) is 0 Å². The number of anilines is 6. The van der Waals surface area contributed by atoms with Crippen LogP contribution in [0.4, 0.5) is 61.0 Å². The summed E-state index contributed by atoms with van der Waals surface area (Å²) in [5, 5.41) is 12.4. The van der Waals surface area contributed by atoms with Gasteiger partial charge in [-0.25, -0.2) is 73.5 Å². The van der Waals surface area contributed by atoms with Gasteiger partial charge in [-0.15, -0.1) is 0 Å². The number of hydrogen-bond donors (Lipinski definition) is 4. The van der Waals surface area contributed by atoms with Crippen molar-refractivity contribution in [1.82, 2.24) is 58.1 Å². The fraction of sp³-hybridized carbons (Fsp3) is 0.243. The van der Waals surface area contributed by atoms with E-state index in [1.165, 1.54) is 75.2 Å². The Morgan fingerprint density at radius 1 is 0.380 bits per heavy atom. The molecule has 8 heterocycles. The molecule has 108 heavy (non-hydrogen) atoms. The van der Waals surface area contributed by atoms with Crippen molar-refractivity contribution in [2.45, 2.75) is 85.6 Å². The van der Waals surface area contributed by atoms with Gasteiger partial charge in [-0.2, -0.15) is 26.3 Å². The van der Waals surface area contributed by atoms with Gasteiger partial charge in [-0.05, 0) is 91.7 Å². The Bertz CT molecular complexity index is 5240. The molecule has 0 fully saturated rings. The molecule has 0 saturated heterocycles. The van der Waals surface area contributed by atoms with Crippen molar-refractivity contribution >= 4 is 74.0 Å². The van der Waals surface area contributed by atoms with E-state index < -0.39 is 62.8 Å². The first-order valence-corrected chi connectivity index (χ1v) is 40.0. The molecule has 4 aromatic carbocycles. The highest BCUT2D eigenvalue weighted by molar-refractivity contribution is 7.92. The van der Waals surface area contributed by atoms with Crippen LogP contribution in [0.5, 0.6) is 0 Å². The Balaban J connectivity index is 0.000000166. The van der Waals surface area contributed by atoms with E-state index >= 15 is 0 Å². The summed E-state index contributed by atoms with van der Waals surface area (Å²) in [7, 11) is -6.42. The first-order valence-electron chi connectivity index (χ1n) is 33.4. The molecule has 0 spiro atoms. The normalized spacial score (nSPS) is 12.4. The van der Waals surface area contributed by atoms with Crippen LogP contribution in [0.2, 0.25) is 0 Å². The second kappa shape index (κ2) is 34.2. The number of alkyl halides is 6. The highest BCUT2D eigenvalue weighted by Crippen LogP contribution is 2.38. The summed E-state index contributed by atoms with van der Waals surface area (Å²) in [6, 6.07) is 35.6. The standard InChI is InChI=1S/2C19H22N4O2S.2C18H17F3N4O2S/c2*1-4-26(24,25)16-10-17(18-12-23(3)13-21-18)19(20-11-16)22-14(2)15-8-6-5-7-9-15;1-3-28(26,27)13-4-5-15(14(9-13)16-10-25(2)11-23-16)24-17-8-12(6-7-22-17)18(19,20)21;1-3-28(26,27)14-8-15(16-10-25(2)11-23-16)17(22-9-14)24-13-6-4-5-12(7-13)18(19,20)21/h2*5-14H,4H2,1-3H3,(H,20,22);2*4-11H,3H2,1-2H3,(H,22,24)/t2*14-;;/m10../s1. The molecule has 0 bridgehead atoms. The van der Waals surface area contributed by atoms with E-state index in [0.29, 0.717) is 62.4 Å². The Morgan fingerprint density at radius 3 is 1.12 bits per heavy atom. The predicted octanol–water partition coefficient (Wildman–Crippen LogP) is 15.0. The third-order valence-corrected chi connectivity index (χ3v) is 23.4. The Morgan fingerprint density at radius 2 is 0.741 bits per heavy atom. The number of aryl methyl sites for hydroxylation is 4. The maximum atomic E-state index is 13.0. The molecule has 34 heteroatoms. The van der Waals surface area contributed by atoms with E-state index in [1.54, 1.807) is 80.6 Å². The summed E-state index contributed by atoms with van der Waals surface area (Å²) in [6.07, 6.45) is 9.55. The van der Waals surface area contributed by atoms with Crippen LogP contribution in [0, 0.1) is 0 Å². The molecule has 12 aromatic rings. The quantitative estimate of drug-likeness (QED) is 0.0458. The molecule has 0 amide bonds. The molecule has 12 rings (SSSR count). The van der Waals surface area contributed by atoms with Crippen molar-refractivity contribution in [3.05, 3.63) is 231 Å². The summed E-state index contributed by atoms with van der Waals surface area (Å²) < 4.78 is 183. The second-order valence-electron chi connectivity index (χ2n) is 24.5. The van der Waals surface area contributed by atoms with Crippen LogP contribution in [-0.2, 0) is 79.9 Å². The number of aromatic nitrogens is 12. The van der Waals surface area contributed by atoms with Crippen LogP contribution >= 0.6 is 0 Å². The lowest BCUT2D eigenvalue weighted by atomic mass is 10.1. The fourth-order valence-electron chi connectivity index (χ4n) is 10.5. The summed E-state index contributed by atoms with van der Waals surface area (Å²) in [5.74, 6) is 1.29. The average Bonchev–Trinajstić information content (AvgIpc) is 1.68. The van der Waals surface area contributed by atoms with E-state index in [-0.39, 0.29) is 72.0 Å². The van der Waals surface area contributed by atoms with Crippen molar-refractivity contribution in [1.29, 1.82) is 0 Å². The van der Waals surface area contributed by atoms with Gasteiger partial charge in [-0.3, -0.25) is 0 Å². The Labute approximate surface area is 622 Å². The summed E-state index contributed by atoms with van der Waals surface area (Å²) in [5.41, 5.74) is 5.57. The summed E-state index contributed by atoms with van der Waals surface area (Å²) in [6.45, 7) is 10.4. The Hall–Kier alpha value is -11.1. The molecule has 0 unspecified atom stereocenters. The number of pyridine rings is 4. The van der Waals surface area contributed by atoms with Gasteiger partial charge < -0.3 is 39.5 Å². The van der Waals surface area contributed by atoms with E-state index in [1.807, 2.05) is 110 Å². The average molecular weight is 1560 g/mol. The Kier molecular flexibility index (Phi) is 25.7. The number of imidazole rings is 4. The lowest BCUT2D eigenvalue weighted by Crippen LogP contribution is -2.11. The number of nitrogens with zero attached hydrogens (tertiary/aromatic N) is 12. The van der Waals surface area contributed by atoms with Gasteiger partial charge in [0, 0.05) is 123 Å². The zero-order valence-electron chi connectivity index (χ0n) is 60.1. The van der Waals surface area contributed by atoms with Crippen LogP contribution in [0.15, 0.2) is 228 Å². The van der Waals surface area contributed by atoms with Gasteiger partial charge in [0.15, 0.2) is 39.3 Å². The maximum Gasteiger partial charge on any atom is 0.416 e. The van der Waals surface area contributed by atoms with Crippen LogP contribution in [0.3, 0.4) is 0 Å². The number of hydrogen-bond acceptors (Lipinski definition) is 20. The minimum atomic E-state index is -4.50. The molecule has 2 atom stereocenters. The third kappa shape index (κ3) is 20.7.